The summed E-state index contributed by atoms with van der Waals surface area (Å²) in [6.45, 7) is 5.13. The zero-order chi connectivity index (χ0) is 47.7. The molecule has 4 aliphatic heterocycles. The van der Waals surface area contributed by atoms with Crippen molar-refractivity contribution in [2.24, 2.45) is 0 Å². The Balaban J connectivity index is 0.842. The Bertz CT molecular complexity index is 2380. The van der Waals surface area contributed by atoms with Gasteiger partial charge in [-0.1, -0.05) is 97.8 Å². The van der Waals surface area contributed by atoms with Crippen molar-refractivity contribution < 1.29 is 28.0 Å². The van der Waals surface area contributed by atoms with Gasteiger partial charge in [-0.3, -0.25) is 29.0 Å². The minimum absolute atomic E-state index is 0.0303. The van der Waals surface area contributed by atoms with Crippen molar-refractivity contribution in [3.63, 3.8) is 0 Å². The van der Waals surface area contributed by atoms with Crippen molar-refractivity contribution in [1.29, 1.82) is 0 Å². The Kier molecular flexibility index (Phi) is 15.4. The van der Waals surface area contributed by atoms with Crippen LogP contribution in [0.1, 0.15) is 98.5 Å². The predicted molar refractivity (Wildman–Crippen MR) is 265 cm³/mol. The van der Waals surface area contributed by atoms with Gasteiger partial charge in [-0.05, 0) is 136 Å². The number of piperidine rings is 2. The summed E-state index contributed by atoms with van der Waals surface area (Å²) >= 11 is 0. The summed E-state index contributed by atoms with van der Waals surface area (Å²) in [6, 6.07) is 36.5. The quantitative estimate of drug-likeness (QED) is 0.108. The molecule has 5 aromatic rings. The molecule has 0 spiro atoms. The molecule has 0 radical (unpaired) electrons. The standard InChI is InChI=1S/C56H63F2N7O4/c57-47-30-29-46(37-48(47)58)63(38-40-21-25-44(26-22-40)59-53(66)49-19-13-35-64(49)55(68)51(42-15-5-1-6-16-42)61-31-9-3-10-32-61)39-41-23-27-45(28-24-41)60-54(67)50-20-14-36-65(50)56(69)52(43-17-7-2-8-18-43)62-33-11-4-12-34-62/h1-2,5-8,15-18,21-30,37,49-52H,3-4,9-14,19-20,31-36,38-39H2,(H,59,66)(H,60,67)/t49-,50?,51+,52+/m0/s1. The van der Waals surface area contributed by atoms with E-state index in [1.165, 1.54) is 6.07 Å². The van der Waals surface area contributed by atoms with E-state index in [1.807, 2.05) is 114 Å². The van der Waals surface area contributed by atoms with Gasteiger partial charge in [-0.2, -0.15) is 0 Å². The monoisotopic (exact) mass is 935 g/mol. The number of benzene rings is 5. The molecule has 69 heavy (non-hydrogen) atoms. The molecule has 0 saturated carbocycles. The molecule has 4 fully saturated rings. The van der Waals surface area contributed by atoms with Gasteiger partial charge < -0.3 is 25.3 Å². The Morgan fingerprint density at radius 1 is 0.493 bits per heavy atom. The number of nitrogens with one attached hydrogen (secondary N) is 2. The summed E-state index contributed by atoms with van der Waals surface area (Å²) in [5.74, 6) is -2.39. The zero-order valence-electron chi connectivity index (χ0n) is 39.3. The first kappa shape index (κ1) is 47.6. The molecule has 0 bridgehead atoms. The summed E-state index contributed by atoms with van der Waals surface area (Å²) in [6.07, 6.45) is 9.16. The van der Waals surface area contributed by atoms with Gasteiger partial charge in [-0.15, -0.1) is 0 Å². The van der Waals surface area contributed by atoms with Crippen molar-refractivity contribution >= 4 is 40.7 Å². The van der Waals surface area contributed by atoms with Crippen LogP contribution in [0.25, 0.3) is 0 Å². The van der Waals surface area contributed by atoms with Crippen molar-refractivity contribution in [1.82, 2.24) is 19.6 Å². The van der Waals surface area contributed by atoms with Gasteiger partial charge >= 0.3 is 0 Å². The molecule has 13 heteroatoms. The van der Waals surface area contributed by atoms with Gasteiger partial charge in [0.15, 0.2) is 11.6 Å². The summed E-state index contributed by atoms with van der Waals surface area (Å²) in [4.78, 5) is 66.3. The maximum absolute atomic E-state index is 14.7. The average molecular weight is 936 g/mol. The van der Waals surface area contributed by atoms with Gasteiger partial charge in [-0.25, -0.2) is 8.78 Å². The van der Waals surface area contributed by atoms with Crippen LogP contribution in [-0.4, -0.2) is 94.6 Å². The van der Waals surface area contributed by atoms with E-state index in [-0.39, 0.29) is 23.6 Å². The third-order valence-corrected chi connectivity index (χ3v) is 14.3. The normalized spacial score (nSPS) is 19.7. The number of nitrogens with zero attached hydrogens (tertiary/aromatic N) is 5. The van der Waals surface area contributed by atoms with E-state index in [9.17, 15) is 28.0 Å². The molecule has 4 heterocycles. The molecule has 11 nitrogen and oxygen atoms in total. The number of carbonyl (C=O) groups is 4. The summed E-state index contributed by atoms with van der Waals surface area (Å²) in [7, 11) is 0. The Hall–Kier alpha value is -6.44. The number of amides is 4. The Morgan fingerprint density at radius 2 is 0.913 bits per heavy atom. The van der Waals surface area contributed by atoms with Crippen LogP contribution in [-0.2, 0) is 32.3 Å². The molecule has 4 amide bonds. The van der Waals surface area contributed by atoms with Crippen molar-refractivity contribution in [2.75, 3.05) is 54.8 Å². The van der Waals surface area contributed by atoms with E-state index in [1.54, 1.807) is 15.9 Å². The summed E-state index contributed by atoms with van der Waals surface area (Å²) in [5, 5.41) is 6.12. The predicted octanol–water partition coefficient (Wildman–Crippen LogP) is 9.48. The minimum Gasteiger partial charge on any atom is -0.363 e. The van der Waals surface area contributed by atoms with Crippen LogP contribution in [0.15, 0.2) is 127 Å². The minimum atomic E-state index is -0.954. The van der Waals surface area contributed by atoms with E-state index < -0.39 is 35.8 Å². The fourth-order valence-electron chi connectivity index (χ4n) is 10.8. The van der Waals surface area contributed by atoms with Crippen LogP contribution in [0, 0.1) is 11.6 Å². The molecule has 2 N–H and O–H groups in total. The third-order valence-electron chi connectivity index (χ3n) is 14.3. The van der Waals surface area contributed by atoms with Crippen LogP contribution in [0.2, 0.25) is 0 Å². The molecule has 4 aliphatic rings. The maximum Gasteiger partial charge on any atom is 0.247 e. The second kappa shape index (κ2) is 22.3. The molecule has 5 aromatic carbocycles. The molecule has 360 valence electrons. The smallest absolute Gasteiger partial charge is 0.247 e. The highest BCUT2D eigenvalue weighted by Gasteiger charge is 2.41. The molecule has 4 saturated heterocycles. The molecule has 4 atom stereocenters. The molecular weight excluding hydrogens is 873 g/mol. The first-order valence-corrected chi connectivity index (χ1v) is 24.9. The average Bonchev–Trinajstić information content (AvgIpc) is 4.09. The first-order chi connectivity index (χ1) is 33.7. The van der Waals surface area contributed by atoms with Crippen molar-refractivity contribution in [3.05, 3.63) is 161 Å². The lowest BCUT2D eigenvalue weighted by Gasteiger charge is -2.37. The van der Waals surface area contributed by atoms with E-state index in [0.29, 0.717) is 56.1 Å². The van der Waals surface area contributed by atoms with Gasteiger partial charge in [0.2, 0.25) is 23.6 Å². The number of likely N-dealkylation sites (tertiary alicyclic amines) is 4. The van der Waals surface area contributed by atoms with Crippen molar-refractivity contribution in [3.8, 4) is 0 Å². The second-order valence-electron chi connectivity index (χ2n) is 19.0. The van der Waals surface area contributed by atoms with Gasteiger partial charge in [0, 0.05) is 49.3 Å². The first-order valence-electron chi connectivity index (χ1n) is 24.9. The molecule has 0 aromatic heterocycles. The van der Waals surface area contributed by atoms with Gasteiger partial charge in [0.05, 0.1) is 0 Å². The number of hydrogen-bond donors (Lipinski definition) is 2. The van der Waals surface area contributed by atoms with E-state index in [4.69, 9.17) is 0 Å². The molecular formula is C56H63F2N7O4. The van der Waals surface area contributed by atoms with Crippen LogP contribution in [0.4, 0.5) is 25.8 Å². The van der Waals surface area contributed by atoms with Crippen LogP contribution in [0.5, 0.6) is 0 Å². The SMILES string of the molecule is O=C(Nc1ccc(CN(Cc2ccc(NC(=O)[C@@H]3CCCN3C(=O)[C@@H](c3ccccc3)N3CCCCC3)cc2)c2ccc(F)c(F)c2)cc1)C1CCCN1C(=O)[C@@H](c1ccccc1)N1CCCCC1. The molecule has 9 rings (SSSR count). The Labute approximate surface area is 404 Å². The third kappa shape index (κ3) is 11.4. The molecule has 1 unspecified atom stereocenters. The Morgan fingerprint density at radius 3 is 1.32 bits per heavy atom. The van der Waals surface area contributed by atoms with Gasteiger partial charge in [0.25, 0.3) is 0 Å². The number of anilines is 3. The highest BCUT2D eigenvalue weighted by atomic mass is 19.2. The van der Waals surface area contributed by atoms with E-state index in [0.717, 1.165) is 106 Å². The molecule has 0 aliphatic carbocycles. The van der Waals surface area contributed by atoms with Crippen molar-refractivity contribution in [2.45, 2.75) is 101 Å². The number of halogens is 2. The lowest BCUT2D eigenvalue weighted by atomic mass is 10.00. The zero-order valence-corrected chi connectivity index (χ0v) is 39.3. The number of hydrogen-bond acceptors (Lipinski definition) is 7. The summed E-state index contributed by atoms with van der Waals surface area (Å²) in [5.41, 5.74) is 5.32. The fraction of sp³-hybridized carbons (Fsp3) is 0.393. The summed E-state index contributed by atoms with van der Waals surface area (Å²) < 4.78 is 28.9. The van der Waals surface area contributed by atoms with Crippen LogP contribution < -0.4 is 15.5 Å². The lowest BCUT2D eigenvalue weighted by molar-refractivity contribution is -0.142. The maximum atomic E-state index is 14.7. The highest BCUT2D eigenvalue weighted by molar-refractivity contribution is 5.99. The van der Waals surface area contributed by atoms with Crippen LogP contribution >= 0.6 is 0 Å². The van der Waals surface area contributed by atoms with E-state index in [2.05, 4.69) is 20.4 Å². The number of carbonyl (C=O) groups excluding carboxylic acids is 4. The largest absolute Gasteiger partial charge is 0.363 e. The number of rotatable bonds is 15. The van der Waals surface area contributed by atoms with Crippen LogP contribution in [0.3, 0.4) is 0 Å². The highest BCUT2D eigenvalue weighted by Crippen LogP contribution is 2.33. The fourth-order valence-corrected chi connectivity index (χ4v) is 10.8. The lowest BCUT2D eigenvalue weighted by Crippen LogP contribution is -2.49. The second-order valence-corrected chi connectivity index (χ2v) is 19.0. The topological polar surface area (TPSA) is 109 Å². The van der Waals surface area contributed by atoms with Gasteiger partial charge in [0.1, 0.15) is 24.2 Å². The van der Waals surface area contributed by atoms with E-state index >= 15 is 0 Å².